The summed E-state index contributed by atoms with van der Waals surface area (Å²) in [4.78, 5) is 20.1. The van der Waals surface area contributed by atoms with Crippen LogP contribution in [0.5, 0.6) is 0 Å². The average Bonchev–Trinajstić information content (AvgIpc) is 2.36. The highest BCUT2D eigenvalue weighted by molar-refractivity contribution is 6.21. The lowest BCUT2D eigenvalue weighted by Gasteiger charge is -2.08. The summed E-state index contributed by atoms with van der Waals surface area (Å²) in [6.07, 6.45) is -1.28. The lowest BCUT2D eigenvalue weighted by molar-refractivity contribution is 0.117. The van der Waals surface area contributed by atoms with Crippen LogP contribution in [0.3, 0.4) is 0 Å². The van der Waals surface area contributed by atoms with E-state index in [0.29, 0.717) is 0 Å². The molecule has 0 aromatic rings. The van der Waals surface area contributed by atoms with Crippen LogP contribution in [0.1, 0.15) is 0 Å². The molecule has 1 aliphatic rings. The molecule has 1 saturated heterocycles. The highest BCUT2D eigenvalue weighted by Gasteiger charge is 2.31. The van der Waals surface area contributed by atoms with Crippen molar-refractivity contribution in [1.29, 1.82) is 0 Å². The molecule has 1 heterocycles. The zero-order valence-electron chi connectivity index (χ0n) is 5.53. The fraction of sp³-hybridized carbons (Fsp3) is 0.800. The fourth-order valence-corrected chi connectivity index (χ4v) is 0.889. The van der Waals surface area contributed by atoms with E-state index in [1.807, 2.05) is 0 Å². The Balaban J connectivity index is 2.36. The number of carbonyl (C=O) groups excluding carboxylic acids is 1. The van der Waals surface area contributed by atoms with Crippen LogP contribution in [0, 0.1) is 4.91 Å². The van der Waals surface area contributed by atoms with E-state index < -0.39 is 17.6 Å². The van der Waals surface area contributed by atoms with Crippen molar-refractivity contribution in [3.63, 3.8) is 0 Å². The second kappa shape index (κ2) is 3.52. The first kappa shape index (κ1) is 8.26. The highest BCUT2D eigenvalue weighted by Crippen LogP contribution is 2.14. The maximum atomic E-state index is 10.4. The highest BCUT2D eigenvalue weighted by atomic mass is 35.5. The van der Waals surface area contributed by atoms with Crippen molar-refractivity contribution >= 4 is 17.8 Å². The smallest absolute Gasteiger partial charge is 0.430 e. The molecule has 5 nitrogen and oxygen atoms in total. The summed E-state index contributed by atoms with van der Waals surface area (Å²) in [5, 5.41) is 1.99. The van der Waals surface area contributed by atoms with E-state index in [-0.39, 0.29) is 13.2 Å². The van der Waals surface area contributed by atoms with E-state index in [1.165, 1.54) is 0 Å². The average molecular weight is 180 g/mol. The normalized spacial score (nSPS) is 25.5. The van der Waals surface area contributed by atoms with Gasteiger partial charge >= 0.3 is 6.16 Å². The van der Waals surface area contributed by atoms with Gasteiger partial charge < -0.3 is 9.47 Å². The van der Waals surface area contributed by atoms with Gasteiger partial charge in [-0.2, -0.15) is 4.91 Å². The molecule has 2 unspecified atom stereocenters. The third kappa shape index (κ3) is 2.04. The zero-order chi connectivity index (χ0) is 8.27. The molecule has 62 valence electrons. The molecule has 0 amide bonds. The quantitative estimate of drug-likeness (QED) is 0.367. The Bertz CT molecular complexity index is 174. The van der Waals surface area contributed by atoms with E-state index in [4.69, 9.17) is 11.6 Å². The van der Waals surface area contributed by atoms with Crippen LogP contribution in [-0.2, 0) is 9.47 Å². The lowest BCUT2D eigenvalue weighted by atomic mass is 10.3. The van der Waals surface area contributed by atoms with Gasteiger partial charge in [-0.05, 0) is 0 Å². The van der Waals surface area contributed by atoms with Gasteiger partial charge in [-0.15, -0.1) is 11.6 Å². The molecule has 11 heavy (non-hydrogen) atoms. The van der Waals surface area contributed by atoms with Crippen molar-refractivity contribution in [3.8, 4) is 0 Å². The summed E-state index contributed by atoms with van der Waals surface area (Å²) in [6.45, 7) is 0.0192. The van der Waals surface area contributed by atoms with E-state index in [9.17, 15) is 9.70 Å². The molecule has 0 N–H and O–H groups in total. The van der Waals surface area contributed by atoms with Crippen LogP contribution in [0.4, 0.5) is 4.79 Å². The minimum atomic E-state index is -0.744. The molecule has 0 radical (unpaired) electrons. The number of cyclic esters (lactones) is 2. The van der Waals surface area contributed by atoms with E-state index in [2.05, 4.69) is 14.7 Å². The number of alkyl halides is 1. The standard InChI is InChI=1S/C5H6ClNO4/c6-3(1-7-9)4-2-10-5(8)11-4/h3-4H,1-2H2. The molecule has 6 heteroatoms. The van der Waals surface area contributed by atoms with Crippen molar-refractivity contribution < 1.29 is 14.3 Å². The summed E-state index contributed by atoms with van der Waals surface area (Å²) in [7, 11) is 0. The lowest BCUT2D eigenvalue weighted by Crippen LogP contribution is -2.25. The molecule has 0 saturated carbocycles. The van der Waals surface area contributed by atoms with Crippen LogP contribution in [0.15, 0.2) is 5.18 Å². The molecule has 1 aliphatic heterocycles. The first-order valence-corrected chi connectivity index (χ1v) is 3.44. The Hall–Kier alpha value is -0.840. The molecule has 1 rings (SSSR count). The molecule has 0 aliphatic carbocycles. The summed E-state index contributed by atoms with van der Waals surface area (Å²) in [6, 6.07) is 0. The Morgan fingerprint density at radius 1 is 1.82 bits per heavy atom. The Kier molecular flexibility index (Phi) is 2.64. The minimum absolute atomic E-state index is 0.0805. The number of rotatable bonds is 3. The maximum Gasteiger partial charge on any atom is 0.508 e. The molecule has 0 bridgehead atoms. The second-order valence-corrected chi connectivity index (χ2v) is 2.61. The van der Waals surface area contributed by atoms with Gasteiger partial charge in [-0.1, -0.05) is 5.18 Å². The number of hydrogen-bond acceptors (Lipinski definition) is 5. The van der Waals surface area contributed by atoms with Crippen molar-refractivity contribution in [2.45, 2.75) is 11.5 Å². The molecule has 1 fully saturated rings. The molecule has 0 aromatic heterocycles. The van der Waals surface area contributed by atoms with Gasteiger partial charge in [0.1, 0.15) is 13.2 Å². The number of nitroso groups, excluding NO2 is 1. The van der Waals surface area contributed by atoms with Crippen LogP contribution >= 0.6 is 11.6 Å². The summed E-state index contributed by atoms with van der Waals surface area (Å²) >= 11 is 5.60. The topological polar surface area (TPSA) is 65.0 Å². The molecular weight excluding hydrogens is 174 g/mol. The van der Waals surface area contributed by atoms with Crippen molar-refractivity contribution in [3.05, 3.63) is 4.91 Å². The van der Waals surface area contributed by atoms with Crippen molar-refractivity contribution in [2.24, 2.45) is 5.18 Å². The first-order valence-electron chi connectivity index (χ1n) is 3.00. The Labute approximate surface area is 67.6 Å². The monoisotopic (exact) mass is 179 g/mol. The zero-order valence-corrected chi connectivity index (χ0v) is 6.28. The number of carbonyl (C=O) groups is 1. The van der Waals surface area contributed by atoms with Gasteiger partial charge in [0.2, 0.25) is 0 Å². The largest absolute Gasteiger partial charge is 0.508 e. The number of hydrogen-bond donors (Lipinski definition) is 0. The SMILES string of the molecule is O=NCC(Cl)C1COC(=O)O1. The minimum Gasteiger partial charge on any atom is -0.430 e. The van der Waals surface area contributed by atoms with Gasteiger partial charge in [0.15, 0.2) is 6.10 Å². The predicted molar refractivity (Wildman–Crippen MR) is 36.5 cm³/mol. The van der Waals surface area contributed by atoms with Gasteiger partial charge in [-0.3, -0.25) is 0 Å². The first-order chi connectivity index (χ1) is 5.24. The van der Waals surface area contributed by atoms with E-state index in [0.717, 1.165) is 0 Å². The van der Waals surface area contributed by atoms with Crippen LogP contribution < -0.4 is 0 Å². The fourth-order valence-electron chi connectivity index (χ4n) is 0.709. The number of nitrogens with zero attached hydrogens (tertiary/aromatic N) is 1. The number of halogens is 1. The second-order valence-electron chi connectivity index (χ2n) is 2.04. The Morgan fingerprint density at radius 3 is 3.00 bits per heavy atom. The van der Waals surface area contributed by atoms with Gasteiger partial charge in [0, 0.05) is 0 Å². The van der Waals surface area contributed by atoms with E-state index in [1.54, 1.807) is 0 Å². The summed E-state index contributed by atoms with van der Waals surface area (Å²) in [5.74, 6) is 0. The molecule has 0 spiro atoms. The van der Waals surface area contributed by atoms with Crippen molar-refractivity contribution in [2.75, 3.05) is 13.2 Å². The third-order valence-electron chi connectivity index (χ3n) is 1.27. The van der Waals surface area contributed by atoms with E-state index >= 15 is 0 Å². The predicted octanol–water partition coefficient (Wildman–Crippen LogP) is 0.896. The van der Waals surface area contributed by atoms with Gasteiger partial charge in [-0.25, -0.2) is 4.79 Å². The molecule has 0 aromatic carbocycles. The number of ether oxygens (including phenoxy) is 2. The summed E-state index contributed by atoms with van der Waals surface area (Å²) in [5.41, 5.74) is 0. The van der Waals surface area contributed by atoms with Crippen LogP contribution in [0.25, 0.3) is 0 Å². The van der Waals surface area contributed by atoms with Crippen molar-refractivity contribution in [1.82, 2.24) is 0 Å². The summed E-state index contributed by atoms with van der Waals surface area (Å²) < 4.78 is 9.03. The molecular formula is C5H6ClNO4. The molecule has 2 atom stereocenters. The van der Waals surface area contributed by atoms with Gasteiger partial charge in [0.05, 0.1) is 5.38 Å². The van der Waals surface area contributed by atoms with Crippen LogP contribution in [-0.4, -0.2) is 30.8 Å². The van der Waals surface area contributed by atoms with Gasteiger partial charge in [0.25, 0.3) is 0 Å². The van der Waals surface area contributed by atoms with Crippen LogP contribution in [0.2, 0.25) is 0 Å². The third-order valence-corrected chi connectivity index (χ3v) is 1.68. The Morgan fingerprint density at radius 2 is 2.55 bits per heavy atom. The maximum absolute atomic E-state index is 10.4.